The lowest BCUT2D eigenvalue weighted by Gasteiger charge is -2.34. The Morgan fingerprint density at radius 3 is 2.73 bits per heavy atom. The lowest BCUT2D eigenvalue weighted by Crippen LogP contribution is -2.32. The zero-order valence-electron chi connectivity index (χ0n) is 14.0. The van der Waals surface area contributed by atoms with Gasteiger partial charge in [0.15, 0.2) is 0 Å². The molecule has 0 heterocycles. The molecule has 0 saturated heterocycles. The molecule has 1 aliphatic carbocycles. The minimum atomic E-state index is -0.325. The smallest absolute Gasteiger partial charge is 0.0811 e. The van der Waals surface area contributed by atoms with E-state index >= 15 is 0 Å². The van der Waals surface area contributed by atoms with Crippen molar-refractivity contribution in [2.75, 3.05) is 19.6 Å². The normalized spacial score (nSPS) is 24.4. The van der Waals surface area contributed by atoms with Crippen LogP contribution in [0, 0.1) is 16.7 Å². The van der Waals surface area contributed by atoms with Crippen LogP contribution in [0.15, 0.2) is 28.5 Å². The van der Waals surface area contributed by atoms with Crippen molar-refractivity contribution in [1.29, 1.82) is 0 Å². The first kappa shape index (κ1) is 19.4. The molecule has 0 spiro atoms. The van der Waals surface area contributed by atoms with Crippen LogP contribution in [0.1, 0.15) is 40.0 Å². The van der Waals surface area contributed by atoms with Crippen molar-refractivity contribution in [1.82, 2.24) is 5.32 Å². The van der Waals surface area contributed by atoms with E-state index in [-0.39, 0.29) is 23.2 Å². The minimum absolute atomic E-state index is 0.177. The average Bonchev–Trinajstić information content (AvgIpc) is 2.50. The molecule has 22 heavy (non-hydrogen) atoms. The molecule has 3 unspecified atom stereocenters. The van der Waals surface area contributed by atoms with E-state index < -0.39 is 0 Å². The number of rotatable bonds is 10. The number of nitroso groups, excluding NO2 is 1. The van der Waals surface area contributed by atoms with Crippen molar-refractivity contribution >= 4 is 12.6 Å². The van der Waals surface area contributed by atoms with Gasteiger partial charge in [-0.05, 0) is 50.1 Å². The summed E-state index contributed by atoms with van der Waals surface area (Å²) in [5.41, 5.74) is 2.68. The zero-order chi connectivity index (χ0) is 16.5. The molecule has 1 rings (SSSR count). The van der Waals surface area contributed by atoms with E-state index in [1.54, 1.807) is 0 Å². The average molecular weight is 327 g/mol. The fourth-order valence-corrected chi connectivity index (χ4v) is 3.62. The molecule has 0 aromatic rings. The van der Waals surface area contributed by atoms with E-state index in [1.165, 1.54) is 11.1 Å². The van der Waals surface area contributed by atoms with Gasteiger partial charge in [0.05, 0.1) is 12.6 Å². The van der Waals surface area contributed by atoms with Gasteiger partial charge in [-0.3, -0.25) is 0 Å². The van der Waals surface area contributed by atoms with Gasteiger partial charge in [-0.1, -0.05) is 36.7 Å². The predicted octanol–water partition coefficient (Wildman–Crippen LogP) is 3.33. The summed E-state index contributed by atoms with van der Waals surface area (Å²) >= 11 is 4.82. The first-order chi connectivity index (χ1) is 10.5. The van der Waals surface area contributed by atoms with E-state index in [0.717, 1.165) is 32.4 Å². The predicted molar refractivity (Wildman–Crippen MR) is 96.3 cm³/mol. The number of unbranched alkanes of at least 4 members (excludes halogenated alkanes) is 1. The Kier molecular flexibility index (Phi) is 8.98. The van der Waals surface area contributed by atoms with Gasteiger partial charge >= 0.3 is 0 Å². The van der Waals surface area contributed by atoms with Crippen molar-refractivity contribution in [3.8, 4) is 0 Å². The number of allylic oxidation sites excluding steroid dienone is 1. The number of thiol groups is 1. The molecule has 5 heteroatoms. The summed E-state index contributed by atoms with van der Waals surface area (Å²) in [7, 11) is 0. The Hall–Kier alpha value is -0.650. The van der Waals surface area contributed by atoms with Gasteiger partial charge in [0.2, 0.25) is 0 Å². The van der Waals surface area contributed by atoms with Gasteiger partial charge < -0.3 is 10.4 Å². The first-order valence-electron chi connectivity index (χ1n) is 8.29. The standard InChI is InChI=1S/C17H30N2O2S/c1-4-15-14(11-18-9-5-6-10-19-21)7-8-16(17(15)22)12(2)13(3)20/h7-8,12-13,16-18,20,22H,4-6,9-11H2,1-3H3/t12?,13?,16-,17?/m0/s1. The van der Waals surface area contributed by atoms with Crippen LogP contribution in [-0.4, -0.2) is 36.1 Å². The van der Waals surface area contributed by atoms with E-state index in [2.05, 4.69) is 36.5 Å². The minimum Gasteiger partial charge on any atom is -0.393 e. The molecule has 0 aliphatic heterocycles. The molecule has 0 aromatic carbocycles. The molecule has 2 N–H and O–H groups in total. The van der Waals surface area contributed by atoms with Crippen molar-refractivity contribution in [2.24, 2.45) is 17.0 Å². The molecular weight excluding hydrogens is 296 g/mol. The van der Waals surface area contributed by atoms with Crippen molar-refractivity contribution < 1.29 is 5.11 Å². The third-order valence-electron chi connectivity index (χ3n) is 4.57. The number of aliphatic hydroxyl groups is 1. The van der Waals surface area contributed by atoms with Crippen LogP contribution in [0.2, 0.25) is 0 Å². The first-order valence-corrected chi connectivity index (χ1v) is 8.80. The number of aliphatic hydroxyl groups excluding tert-OH is 1. The van der Waals surface area contributed by atoms with E-state index in [4.69, 9.17) is 12.6 Å². The molecule has 0 amide bonds. The van der Waals surface area contributed by atoms with E-state index in [1.807, 2.05) is 6.92 Å². The van der Waals surface area contributed by atoms with Gasteiger partial charge in [0.25, 0.3) is 0 Å². The molecule has 0 saturated carbocycles. The van der Waals surface area contributed by atoms with Crippen LogP contribution in [0.4, 0.5) is 0 Å². The van der Waals surface area contributed by atoms with E-state index in [0.29, 0.717) is 6.54 Å². The molecule has 0 aromatic heterocycles. The van der Waals surface area contributed by atoms with Crippen LogP contribution >= 0.6 is 12.6 Å². The Balaban J connectivity index is 2.57. The number of hydrogen-bond donors (Lipinski definition) is 3. The molecule has 0 fully saturated rings. The second-order valence-corrected chi connectivity index (χ2v) is 6.68. The molecular formula is C17H30N2O2S. The highest BCUT2D eigenvalue weighted by Crippen LogP contribution is 2.35. The highest BCUT2D eigenvalue weighted by atomic mass is 32.1. The van der Waals surface area contributed by atoms with Crippen molar-refractivity contribution in [3.63, 3.8) is 0 Å². The fraction of sp³-hybridized carbons (Fsp3) is 0.765. The van der Waals surface area contributed by atoms with Gasteiger partial charge in [-0.2, -0.15) is 17.5 Å². The van der Waals surface area contributed by atoms with Crippen molar-refractivity contribution in [3.05, 3.63) is 28.2 Å². The molecule has 4 nitrogen and oxygen atoms in total. The third kappa shape index (κ3) is 5.52. The largest absolute Gasteiger partial charge is 0.393 e. The highest BCUT2D eigenvalue weighted by molar-refractivity contribution is 7.81. The van der Waals surface area contributed by atoms with Gasteiger partial charge in [-0.15, -0.1) is 0 Å². The Bertz CT molecular complexity index is 407. The van der Waals surface area contributed by atoms with Crippen LogP contribution in [-0.2, 0) is 0 Å². The molecule has 4 atom stereocenters. The molecule has 0 bridgehead atoms. The maximum absolute atomic E-state index is 10.0. The summed E-state index contributed by atoms with van der Waals surface area (Å²) in [6, 6.07) is 0. The number of nitrogens with zero attached hydrogens (tertiary/aromatic N) is 1. The summed E-state index contributed by atoms with van der Waals surface area (Å²) < 4.78 is 0. The maximum Gasteiger partial charge on any atom is 0.0811 e. The summed E-state index contributed by atoms with van der Waals surface area (Å²) in [6.45, 7) is 8.23. The monoisotopic (exact) mass is 326 g/mol. The topological polar surface area (TPSA) is 61.7 Å². The SMILES string of the molecule is CCC1=C(CNCCCCN=O)C=C[C@@H](C(C)C(C)O)C1S. The van der Waals surface area contributed by atoms with Crippen molar-refractivity contribution in [2.45, 2.75) is 51.4 Å². The third-order valence-corrected chi connectivity index (χ3v) is 5.23. The Morgan fingerprint density at radius 1 is 1.41 bits per heavy atom. The summed E-state index contributed by atoms with van der Waals surface area (Å²) in [5.74, 6) is 0.478. The Labute approximate surface area is 139 Å². The second-order valence-electron chi connectivity index (χ2n) is 6.12. The van der Waals surface area contributed by atoms with Crippen LogP contribution in [0.25, 0.3) is 0 Å². The highest BCUT2D eigenvalue weighted by Gasteiger charge is 2.30. The molecule has 0 radical (unpaired) electrons. The van der Waals surface area contributed by atoms with E-state index in [9.17, 15) is 10.0 Å². The molecule has 1 aliphatic rings. The fourth-order valence-electron chi connectivity index (χ4n) is 2.90. The summed E-state index contributed by atoms with van der Waals surface area (Å²) in [5, 5.41) is 16.3. The van der Waals surface area contributed by atoms with Crippen LogP contribution in [0.3, 0.4) is 0 Å². The van der Waals surface area contributed by atoms with Crippen LogP contribution < -0.4 is 5.32 Å². The van der Waals surface area contributed by atoms with Gasteiger partial charge in [-0.25, -0.2) is 0 Å². The Morgan fingerprint density at radius 2 is 2.14 bits per heavy atom. The lowest BCUT2D eigenvalue weighted by atomic mass is 9.79. The molecule has 126 valence electrons. The summed E-state index contributed by atoms with van der Waals surface area (Å²) in [4.78, 5) is 10.0. The second kappa shape index (κ2) is 10.2. The number of hydrogen-bond acceptors (Lipinski definition) is 5. The van der Waals surface area contributed by atoms with Gasteiger partial charge in [0, 0.05) is 11.8 Å². The zero-order valence-corrected chi connectivity index (χ0v) is 14.9. The maximum atomic E-state index is 10.0. The number of nitrogens with one attached hydrogen (secondary N) is 1. The van der Waals surface area contributed by atoms with Gasteiger partial charge in [0.1, 0.15) is 0 Å². The summed E-state index contributed by atoms with van der Waals surface area (Å²) in [6.07, 6.45) is 6.85. The quantitative estimate of drug-likeness (QED) is 0.328. The van der Waals surface area contributed by atoms with Crippen LogP contribution in [0.5, 0.6) is 0 Å². The lowest BCUT2D eigenvalue weighted by molar-refractivity contribution is 0.112.